The van der Waals surface area contributed by atoms with Crippen LogP contribution < -0.4 is 5.73 Å². The Kier molecular flexibility index (Phi) is 8.42. The van der Waals surface area contributed by atoms with E-state index in [9.17, 15) is 4.79 Å². The van der Waals surface area contributed by atoms with Crippen molar-refractivity contribution in [1.29, 1.82) is 0 Å². The van der Waals surface area contributed by atoms with Gasteiger partial charge in [-0.3, -0.25) is 4.79 Å². The minimum absolute atomic E-state index is 0. The molecule has 1 aliphatic rings. The van der Waals surface area contributed by atoms with Gasteiger partial charge in [0, 0.05) is 24.7 Å². The van der Waals surface area contributed by atoms with Crippen LogP contribution in [0.25, 0.3) is 11.5 Å². The summed E-state index contributed by atoms with van der Waals surface area (Å²) >= 11 is 0. The molecule has 1 atom stereocenters. The van der Waals surface area contributed by atoms with Crippen molar-refractivity contribution >= 4 is 30.7 Å². The quantitative estimate of drug-likeness (QED) is 0.875. The first-order valence-electron chi connectivity index (χ1n) is 8.20. The Morgan fingerprint density at radius 2 is 2.00 bits per heavy atom. The summed E-state index contributed by atoms with van der Waals surface area (Å²) in [5, 5.41) is 0. The second kappa shape index (κ2) is 9.80. The van der Waals surface area contributed by atoms with E-state index in [1.165, 1.54) is 0 Å². The highest BCUT2D eigenvalue weighted by Crippen LogP contribution is 2.23. The van der Waals surface area contributed by atoms with Gasteiger partial charge in [-0.05, 0) is 38.3 Å². The van der Waals surface area contributed by atoms with Crippen molar-refractivity contribution in [3.63, 3.8) is 0 Å². The number of nitrogens with two attached hydrogens (primary N) is 1. The van der Waals surface area contributed by atoms with Crippen LogP contribution in [0.15, 0.2) is 34.7 Å². The number of halogens is 2. The van der Waals surface area contributed by atoms with Crippen LogP contribution in [0, 0.1) is 6.92 Å². The molecule has 0 aliphatic carbocycles. The summed E-state index contributed by atoms with van der Waals surface area (Å²) in [5.41, 5.74) is 7.45. The Morgan fingerprint density at radius 3 is 2.68 bits per heavy atom. The van der Waals surface area contributed by atoms with E-state index in [-0.39, 0.29) is 43.2 Å². The van der Waals surface area contributed by atoms with Gasteiger partial charge in [-0.2, -0.15) is 0 Å². The lowest BCUT2D eigenvalue weighted by Gasteiger charge is -2.35. The fourth-order valence-electron chi connectivity index (χ4n) is 3.11. The summed E-state index contributed by atoms with van der Waals surface area (Å²) in [6, 6.07) is 9.90. The molecule has 1 unspecified atom stereocenters. The van der Waals surface area contributed by atoms with Crippen molar-refractivity contribution in [1.82, 2.24) is 9.88 Å². The molecule has 0 radical (unpaired) electrons. The molecular formula is C18H25Cl2N3O2. The highest BCUT2D eigenvalue weighted by Gasteiger charge is 2.26. The molecule has 0 spiro atoms. The Bertz CT molecular complexity index is 676. The van der Waals surface area contributed by atoms with Gasteiger partial charge in [0.25, 0.3) is 0 Å². The van der Waals surface area contributed by atoms with E-state index in [0.717, 1.165) is 37.1 Å². The van der Waals surface area contributed by atoms with E-state index in [0.29, 0.717) is 18.2 Å². The van der Waals surface area contributed by atoms with Gasteiger partial charge in [0.15, 0.2) is 0 Å². The highest BCUT2D eigenvalue weighted by molar-refractivity contribution is 5.85. The van der Waals surface area contributed by atoms with Gasteiger partial charge in [-0.1, -0.05) is 18.2 Å². The Hall–Kier alpha value is -1.56. The Labute approximate surface area is 160 Å². The average Bonchev–Trinajstić information content (AvgIpc) is 2.96. The van der Waals surface area contributed by atoms with Crippen LogP contribution in [0.4, 0.5) is 0 Å². The third kappa shape index (κ3) is 4.97. The minimum Gasteiger partial charge on any atom is -0.441 e. The van der Waals surface area contributed by atoms with Crippen LogP contribution in [-0.2, 0) is 11.2 Å². The van der Waals surface area contributed by atoms with Crippen LogP contribution in [-0.4, -0.2) is 34.9 Å². The third-order valence-electron chi connectivity index (χ3n) is 4.45. The zero-order valence-corrected chi connectivity index (χ0v) is 15.9. The molecule has 25 heavy (non-hydrogen) atoms. The molecular weight excluding hydrogens is 361 g/mol. The molecule has 1 fully saturated rings. The van der Waals surface area contributed by atoms with Crippen molar-refractivity contribution in [2.75, 3.05) is 13.1 Å². The van der Waals surface area contributed by atoms with Crippen LogP contribution >= 0.6 is 24.8 Å². The van der Waals surface area contributed by atoms with Gasteiger partial charge in [0.05, 0.1) is 12.1 Å². The fourth-order valence-corrected chi connectivity index (χ4v) is 3.11. The predicted octanol–water partition coefficient (Wildman–Crippen LogP) is 3.38. The summed E-state index contributed by atoms with van der Waals surface area (Å²) in [6.45, 7) is 3.18. The van der Waals surface area contributed by atoms with Crippen molar-refractivity contribution in [2.24, 2.45) is 5.73 Å². The lowest BCUT2D eigenvalue weighted by Crippen LogP contribution is -2.48. The van der Waals surface area contributed by atoms with Crippen LogP contribution in [0.5, 0.6) is 0 Å². The second-order valence-electron chi connectivity index (χ2n) is 6.04. The number of carbonyl (C=O) groups excluding carboxylic acids is 1. The van der Waals surface area contributed by atoms with Crippen molar-refractivity contribution in [2.45, 2.75) is 38.6 Å². The normalized spacial score (nSPS) is 16.7. The summed E-state index contributed by atoms with van der Waals surface area (Å²) in [6.07, 6.45) is 3.47. The zero-order chi connectivity index (χ0) is 16.2. The fraction of sp³-hybridized carbons (Fsp3) is 0.444. The van der Waals surface area contributed by atoms with Gasteiger partial charge < -0.3 is 15.1 Å². The number of aromatic nitrogens is 1. The molecule has 1 aromatic heterocycles. The summed E-state index contributed by atoms with van der Waals surface area (Å²) in [5.74, 6) is 1.37. The number of aryl methyl sites for hydroxylation is 1. The van der Waals surface area contributed by atoms with Gasteiger partial charge in [0.1, 0.15) is 5.76 Å². The van der Waals surface area contributed by atoms with E-state index in [4.69, 9.17) is 10.2 Å². The number of benzene rings is 1. The molecule has 1 aliphatic heterocycles. The number of nitrogens with zero attached hydrogens (tertiary/aromatic N) is 2. The van der Waals surface area contributed by atoms with Crippen molar-refractivity contribution in [3.8, 4) is 11.5 Å². The summed E-state index contributed by atoms with van der Waals surface area (Å²) in [7, 11) is 0. The molecule has 7 heteroatoms. The molecule has 2 N–H and O–H groups in total. The molecule has 1 saturated heterocycles. The molecule has 3 rings (SSSR count). The number of oxazole rings is 1. The number of amides is 1. The maximum absolute atomic E-state index is 12.6. The molecule has 1 aromatic carbocycles. The van der Waals surface area contributed by atoms with Crippen LogP contribution in [0.2, 0.25) is 0 Å². The lowest BCUT2D eigenvalue weighted by atomic mass is 10.0. The smallest absolute Gasteiger partial charge is 0.229 e. The second-order valence-corrected chi connectivity index (χ2v) is 6.04. The average molecular weight is 386 g/mol. The Balaban J connectivity index is 0.00000156. The zero-order valence-electron chi connectivity index (χ0n) is 14.3. The first kappa shape index (κ1) is 21.5. The largest absolute Gasteiger partial charge is 0.441 e. The predicted molar refractivity (Wildman–Crippen MR) is 103 cm³/mol. The standard InChI is InChI=1S/C18H23N3O2.2ClH/c1-13-16(20-18(23-13)14-7-3-2-4-8-14)11-17(22)21-10-6-5-9-15(21)12-19;;/h2-4,7-8,15H,5-6,9-12,19H2,1H3;2*1H. The number of rotatable bonds is 4. The van der Waals surface area contributed by atoms with Gasteiger partial charge in [-0.25, -0.2) is 4.98 Å². The number of hydrogen-bond acceptors (Lipinski definition) is 4. The SMILES string of the molecule is Cc1oc(-c2ccccc2)nc1CC(=O)N1CCCCC1CN.Cl.Cl. The first-order chi connectivity index (χ1) is 11.2. The minimum atomic E-state index is 0. The molecule has 2 aromatic rings. The van der Waals surface area contributed by atoms with Crippen LogP contribution in [0.3, 0.4) is 0 Å². The number of piperidine rings is 1. The van der Waals surface area contributed by atoms with Gasteiger partial charge >= 0.3 is 0 Å². The molecule has 0 bridgehead atoms. The van der Waals surface area contributed by atoms with Crippen molar-refractivity contribution < 1.29 is 9.21 Å². The van der Waals surface area contributed by atoms with Gasteiger partial charge in [0.2, 0.25) is 11.8 Å². The third-order valence-corrected chi connectivity index (χ3v) is 4.45. The van der Waals surface area contributed by atoms with E-state index < -0.39 is 0 Å². The number of hydrogen-bond donors (Lipinski definition) is 1. The maximum Gasteiger partial charge on any atom is 0.229 e. The van der Waals surface area contributed by atoms with Crippen LogP contribution in [0.1, 0.15) is 30.7 Å². The van der Waals surface area contributed by atoms with E-state index in [1.807, 2.05) is 42.2 Å². The Morgan fingerprint density at radius 1 is 1.28 bits per heavy atom. The van der Waals surface area contributed by atoms with Gasteiger partial charge in [-0.15, -0.1) is 24.8 Å². The topological polar surface area (TPSA) is 72.4 Å². The van der Waals surface area contributed by atoms with E-state index in [1.54, 1.807) is 0 Å². The monoisotopic (exact) mass is 385 g/mol. The van der Waals surface area contributed by atoms with E-state index in [2.05, 4.69) is 4.98 Å². The lowest BCUT2D eigenvalue weighted by molar-refractivity contribution is -0.133. The maximum atomic E-state index is 12.6. The first-order valence-corrected chi connectivity index (χ1v) is 8.20. The highest BCUT2D eigenvalue weighted by atomic mass is 35.5. The van der Waals surface area contributed by atoms with Crippen molar-refractivity contribution in [3.05, 3.63) is 41.8 Å². The number of carbonyl (C=O) groups is 1. The molecule has 138 valence electrons. The molecule has 2 heterocycles. The summed E-state index contributed by atoms with van der Waals surface area (Å²) in [4.78, 5) is 19.1. The number of likely N-dealkylation sites (tertiary alicyclic amines) is 1. The molecule has 5 nitrogen and oxygen atoms in total. The summed E-state index contributed by atoms with van der Waals surface area (Å²) < 4.78 is 5.74. The van der Waals surface area contributed by atoms with E-state index >= 15 is 0 Å². The molecule has 0 saturated carbocycles. The molecule has 1 amide bonds.